The average Bonchev–Trinajstić information content (AvgIpc) is 2.50. The lowest BCUT2D eigenvalue weighted by molar-refractivity contribution is -0.142. The Morgan fingerprint density at radius 3 is 2.42 bits per heavy atom. The second kappa shape index (κ2) is 7.64. The zero-order valence-electron chi connectivity index (χ0n) is 14.4. The van der Waals surface area contributed by atoms with Gasteiger partial charge in [-0.2, -0.15) is 0 Å². The third kappa shape index (κ3) is 4.24. The van der Waals surface area contributed by atoms with E-state index < -0.39 is 17.8 Å². The number of carbonyl (C=O) groups is 2. The molecule has 132 valence electrons. The highest BCUT2D eigenvalue weighted by Gasteiger charge is 2.44. The maximum absolute atomic E-state index is 13.5. The van der Waals surface area contributed by atoms with Gasteiger partial charge in [0.2, 0.25) is 5.91 Å². The molecular formula is C18H25FN2O3. The normalized spacial score (nSPS) is 16.9. The second-order valence-electron chi connectivity index (χ2n) is 6.87. The molecule has 2 rings (SSSR count). The van der Waals surface area contributed by atoms with Crippen molar-refractivity contribution in [1.82, 2.24) is 10.9 Å². The van der Waals surface area contributed by atoms with E-state index in [0.29, 0.717) is 5.92 Å². The molecule has 1 unspecified atom stereocenters. The lowest BCUT2D eigenvalue weighted by Gasteiger charge is -2.41. The molecule has 0 heterocycles. The molecule has 1 aliphatic carbocycles. The molecule has 1 aromatic carbocycles. The minimum Gasteiger partial charge on any atom is -0.478 e. The van der Waals surface area contributed by atoms with Crippen LogP contribution in [0.5, 0.6) is 5.75 Å². The lowest BCUT2D eigenvalue weighted by Crippen LogP contribution is -2.54. The van der Waals surface area contributed by atoms with Crippen LogP contribution in [0.2, 0.25) is 0 Å². The fraction of sp³-hybridized carbons (Fsp3) is 0.556. The molecule has 24 heavy (non-hydrogen) atoms. The first kappa shape index (κ1) is 18.2. The molecule has 1 atom stereocenters. The van der Waals surface area contributed by atoms with Crippen LogP contribution in [-0.2, 0) is 9.59 Å². The van der Waals surface area contributed by atoms with Gasteiger partial charge >= 0.3 is 0 Å². The van der Waals surface area contributed by atoms with E-state index in [9.17, 15) is 14.0 Å². The van der Waals surface area contributed by atoms with Gasteiger partial charge < -0.3 is 4.74 Å². The standard InChI is InChI=1S/C18H25FN2O3/c1-12(2)11-18(9-6-10-18)17(23)21-20-16(22)13(3)24-15-8-5-4-7-14(15)19/h4-5,7-8,12-13H,6,9-11H2,1-3H3,(H,20,22)(H,21,23). The van der Waals surface area contributed by atoms with Crippen molar-refractivity contribution in [2.45, 2.75) is 52.6 Å². The van der Waals surface area contributed by atoms with E-state index in [1.54, 1.807) is 12.1 Å². The van der Waals surface area contributed by atoms with Gasteiger partial charge in [-0.25, -0.2) is 4.39 Å². The first-order valence-electron chi connectivity index (χ1n) is 8.35. The third-order valence-corrected chi connectivity index (χ3v) is 4.40. The predicted molar refractivity (Wildman–Crippen MR) is 88.5 cm³/mol. The molecule has 1 aliphatic rings. The second-order valence-corrected chi connectivity index (χ2v) is 6.87. The van der Waals surface area contributed by atoms with Crippen molar-refractivity contribution in [3.8, 4) is 5.75 Å². The van der Waals surface area contributed by atoms with Gasteiger partial charge in [-0.3, -0.25) is 20.4 Å². The molecule has 2 amide bonds. The zero-order chi connectivity index (χ0) is 17.7. The maximum Gasteiger partial charge on any atom is 0.279 e. The highest BCUT2D eigenvalue weighted by Crippen LogP contribution is 2.45. The van der Waals surface area contributed by atoms with Crippen LogP contribution in [0.25, 0.3) is 0 Å². The molecule has 5 nitrogen and oxygen atoms in total. The number of hydrogen-bond donors (Lipinski definition) is 2. The van der Waals surface area contributed by atoms with Gasteiger partial charge in [0, 0.05) is 0 Å². The molecule has 0 radical (unpaired) electrons. The third-order valence-electron chi connectivity index (χ3n) is 4.40. The summed E-state index contributed by atoms with van der Waals surface area (Å²) in [5, 5.41) is 0. The maximum atomic E-state index is 13.5. The monoisotopic (exact) mass is 336 g/mol. The van der Waals surface area contributed by atoms with Crippen LogP contribution in [-0.4, -0.2) is 17.9 Å². The van der Waals surface area contributed by atoms with E-state index in [1.165, 1.54) is 19.1 Å². The Kier molecular flexibility index (Phi) is 5.80. The van der Waals surface area contributed by atoms with Gasteiger partial charge in [-0.1, -0.05) is 32.4 Å². The largest absolute Gasteiger partial charge is 0.478 e. The van der Waals surface area contributed by atoms with Crippen molar-refractivity contribution < 1.29 is 18.7 Å². The van der Waals surface area contributed by atoms with Crippen molar-refractivity contribution in [2.24, 2.45) is 11.3 Å². The van der Waals surface area contributed by atoms with E-state index in [0.717, 1.165) is 25.7 Å². The fourth-order valence-electron chi connectivity index (χ4n) is 3.05. The van der Waals surface area contributed by atoms with Crippen molar-refractivity contribution >= 4 is 11.8 Å². The number of para-hydroxylation sites is 1. The highest BCUT2D eigenvalue weighted by molar-refractivity contribution is 5.87. The van der Waals surface area contributed by atoms with Gasteiger partial charge in [-0.15, -0.1) is 0 Å². The zero-order valence-corrected chi connectivity index (χ0v) is 14.4. The van der Waals surface area contributed by atoms with Gasteiger partial charge in [0.25, 0.3) is 5.91 Å². The van der Waals surface area contributed by atoms with Crippen molar-refractivity contribution in [3.05, 3.63) is 30.1 Å². The summed E-state index contributed by atoms with van der Waals surface area (Å²) in [6.07, 6.45) is 2.59. The Morgan fingerprint density at radius 1 is 1.21 bits per heavy atom. The summed E-state index contributed by atoms with van der Waals surface area (Å²) < 4.78 is 18.8. The van der Waals surface area contributed by atoms with Crippen molar-refractivity contribution in [1.29, 1.82) is 0 Å². The van der Waals surface area contributed by atoms with E-state index >= 15 is 0 Å². The Hall–Kier alpha value is -2.11. The smallest absolute Gasteiger partial charge is 0.279 e. The van der Waals surface area contributed by atoms with Crippen LogP contribution in [0.4, 0.5) is 4.39 Å². The highest BCUT2D eigenvalue weighted by atomic mass is 19.1. The number of halogens is 1. The van der Waals surface area contributed by atoms with Gasteiger partial charge in [-0.05, 0) is 44.2 Å². The minimum absolute atomic E-state index is 0.00162. The molecule has 1 aromatic rings. The van der Waals surface area contributed by atoms with Crippen LogP contribution in [0.15, 0.2) is 24.3 Å². The molecule has 1 fully saturated rings. The summed E-state index contributed by atoms with van der Waals surface area (Å²) >= 11 is 0. The van der Waals surface area contributed by atoms with Crippen LogP contribution in [0, 0.1) is 17.2 Å². The quantitative estimate of drug-likeness (QED) is 0.785. The summed E-state index contributed by atoms with van der Waals surface area (Å²) in [4.78, 5) is 24.4. The molecule has 2 N–H and O–H groups in total. The SMILES string of the molecule is CC(C)CC1(C(=O)NNC(=O)C(C)Oc2ccccc2F)CCC1. The van der Waals surface area contributed by atoms with Crippen LogP contribution >= 0.6 is 0 Å². The number of benzene rings is 1. The van der Waals surface area contributed by atoms with Crippen molar-refractivity contribution in [3.63, 3.8) is 0 Å². The lowest BCUT2D eigenvalue weighted by atomic mass is 9.64. The Labute approximate surface area is 141 Å². The first-order valence-corrected chi connectivity index (χ1v) is 8.35. The first-order chi connectivity index (χ1) is 11.3. The molecule has 0 aliphatic heterocycles. The van der Waals surface area contributed by atoms with Gasteiger partial charge in [0.15, 0.2) is 17.7 Å². The predicted octanol–water partition coefficient (Wildman–Crippen LogP) is 2.96. The minimum atomic E-state index is -0.926. The number of rotatable bonds is 6. The number of carbonyl (C=O) groups excluding carboxylic acids is 2. The molecule has 6 heteroatoms. The summed E-state index contributed by atoms with van der Waals surface area (Å²) in [5.41, 5.74) is 4.50. The van der Waals surface area contributed by atoms with Gasteiger partial charge in [0.1, 0.15) is 0 Å². The molecule has 0 saturated heterocycles. The van der Waals surface area contributed by atoms with Crippen LogP contribution < -0.4 is 15.6 Å². The van der Waals surface area contributed by atoms with Crippen LogP contribution in [0.3, 0.4) is 0 Å². The van der Waals surface area contributed by atoms with E-state index in [1.807, 2.05) is 0 Å². The summed E-state index contributed by atoms with van der Waals surface area (Å²) in [6, 6.07) is 5.87. The number of amides is 2. The molecule has 0 bridgehead atoms. The van der Waals surface area contributed by atoms with E-state index in [4.69, 9.17) is 4.74 Å². The molecule has 0 spiro atoms. The van der Waals surface area contributed by atoms with Crippen LogP contribution in [0.1, 0.15) is 46.5 Å². The summed E-state index contributed by atoms with van der Waals surface area (Å²) in [6.45, 7) is 5.66. The number of nitrogens with one attached hydrogen (secondary N) is 2. The van der Waals surface area contributed by atoms with E-state index in [2.05, 4.69) is 24.7 Å². The van der Waals surface area contributed by atoms with Crippen molar-refractivity contribution in [2.75, 3.05) is 0 Å². The molecule has 1 saturated carbocycles. The number of hydrogen-bond acceptors (Lipinski definition) is 3. The fourth-order valence-corrected chi connectivity index (χ4v) is 3.05. The van der Waals surface area contributed by atoms with Gasteiger partial charge in [0.05, 0.1) is 5.41 Å². The average molecular weight is 336 g/mol. The summed E-state index contributed by atoms with van der Waals surface area (Å²) in [5.74, 6) is -0.803. The number of hydrazine groups is 1. The number of ether oxygens (including phenoxy) is 1. The van der Waals surface area contributed by atoms with E-state index in [-0.39, 0.29) is 17.1 Å². The Bertz CT molecular complexity index is 600. The Balaban J connectivity index is 1.86. The molecule has 0 aromatic heterocycles. The topological polar surface area (TPSA) is 67.4 Å². The summed E-state index contributed by atoms with van der Waals surface area (Å²) in [7, 11) is 0. The Morgan fingerprint density at radius 2 is 1.88 bits per heavy atom. The molecular weight excluding hydrogens is 311 g/mol.